The lowest BCUT2D eigenvalue weighted by Gasteiger charge is -2.10. The summed E-state index contributed by atoms with van der Waals surface area (Å²) in [5.74, 6) is -1.16. The molecule has 4 aromatic rings. The van der Waals surface area contributed by atoms with Crippen molar-refractivity contribution in [1.82, 2.24) is 19.7 Å². The first-order chi connectivity index (χ1) is 14.3. The van der Waals surface area contributed by atoms with E-state index in [9.17, 15) is 13.2 Å². The summed E-state index contributed by atoms with van der Waals surface area (Å²) in [6, 6.07) is 8.84. The summed E-state index contributed by atoms with van der Waals surface area (Å²) in [6.45, 7) is 4.65. The number of nitrogen functional groups attached to an aromatic ring is 1. The molecule has 2 aromatic carbocycles. The van der Waals surface area contributed by atoms with Crippen LogP contribution in [-0.4, -0.2) is 26.3 Å². The third-order valence-corrected chi connectivity index (χ3v) is 4.47. The molecule has 0 fully saturated rings. The van der Waals surface area contributed by atoms with E-state index in [1.54, 1.807) is 12.1 Å². The van der Waals surface area contributed by atoms with Crippen LogP contribution in [0.25, 0.3) is 28.0 Å². The van der Waals surface area contributed by atoms with Crippen molar-refractivity contribution in [1.29, 1.82) is 0 Å². The van der Waals surface area contributed by atoms with Crippen molar-refractivity contribution in [2.75, 3.05) is 17.6 Å². The summed E-state index contributed by atoms with van der Waals surface area (Å²) in [5.41, 5.74) is 7.07. The van der Waals surface area contributed by atoms with Crippen molar-refractivity contribution in [2.24, 2.45) is 5.92 Å². The third-order valence-electron chi connectivity index (χ3n) is 4.47. The molecule has 9 heteroatoms. The van der Waals surface area contributed by atoms with Crippen molar-refractivity contribution < 1.29 is 13.2 Å². The van der Waals surface area contributed by atoms with E-state index < -0.39 is 17.5 Å². The van der Waals surface area contributed by atoms with Crippen molar-refractivity contribution in [2.45, 2.75) is 13.8 Å². The van der Waals surface area contributed by atoms with Gasteiger partial charge < -0.3 is 11.1 Å². The molecular weight excluding hydrogens is 393 g/mol. The van der Waals surface area contributed by atoms with E-state index in [1.165, 1.54) is 12.1 Å². The molecule has 0 aliphatic carbocycles. The quantitative estimate of drug-likeness (QED) is 0.503. The predicted molar refractivity (Wildman–Crippen MR) is 110 cm³/mol. The Kier molecular flexibility index (Phi) is 5.03. The van der Waals surface area contributed by atoms with Gasteiger partial charge in [-0.15, -0.1) is 5.10 Å². The average Bonchev–Trinajstić information content (AvgIpc) is 3.04. The molecule has 0 saturated carbocycles. The van der Waals surface area contributed by atoms with Gasteiger partial charge in [-0.1, -0.05) is 26.0 Å². The Balaban J connectivity index is 1.97. The lowest BCUT2D eigenvalue weighted by atomic mass is 10.1. The Morgan fingerprint density at radius 1 is 1.03 bits per heavy atom. The molecule has 0 atom stereocenters. The molecule has 0 saturated heterocycles. The predicted octanol–water partition coefficient (Wildman–Crippen LogP) is 4.55. The number of rotatable bonds is 5. The Labute approximate surface area is 170 Å². The average molecular weight is 412 g/mol. The van der Waals surface area contributed by atoms with Crippen molar-refractivity contribution in [3.05, 3.63) is 59.9 Å². The number of hydrogen-bond acceptors (Lipinski definition) is 5. The molecule has 0 radical (unpaired) electrons. The SMILES string of the molecule is CC(C)CNc1nc(-c2cccc(F)c2)c2c(N)n(-c3cc(F)ccc3F)nc2n1. The van der Waals surface area contributed by atoms with Crippen LogP contribution in [0.15, 0.2) is 42.5 Å². The number of anilines is 2. The minimum Gasteiger partial charge on any atom is -0.383 e. The molecule has 0 bridgehead atoms. The molecule has 0 spiro atoms. The van der Waals surface area contributed by atoms with Gasteiger partial charge in [0.1, 0.15) is 29.0 Å². The second-order valence-corrected chi connectivity index (χ2v) is 7.27. The van der Waals surface area contributed by atoms with E-state index in [-0.39, 0.29) is 23.1 Å². The number of halogens is 3. The van der Waals surface area contributed by atoms with Crippen LogP contribution in [0.1, 0.15) is 13.8 Å². The summed E-state index contributed by atoms with van der Waals surface area (Å²) >= 11 is 0. The maximum absolute atomic E-state index is 14.3. The minimum atomic E-state index is -0.700. The van der Waals surface area contributed by atoms with Crippen molar-refractivity contribution in [3.63, 3.8) is 0 Å². The molecule has 2 aromatic heterocycles. The smallest absolute Gasteiger partial charge is 0.225 e. The molecule has 4 rings (SSSR count). The molecule has 30 heavy (non-hydrogen) atoms. The zero-order chi connectivity index (χ0) is 21.4. The molecule has 0 aliphatic heterocycles. The first kappa shape index (κ1) is 19.7. The first-order valence-electron chi connectivity index (χ1n) is 9.35. The summed E-state index contributed by atoms with van der Waals surface area (Å²) in [5, 5.41) is 7.71. The summed E-state index contributed by atoms with van der Waals surface area (Å²) in [4.78, 5) is 8.87. The van der Waals surface area contributed by atoms with Crippen LogP contribution in [0.2, 0.25) is 0 Å². The normalized spacial score (nSPS) is 11.4. The highest BCUT2D eigenvalue weighted by Crippen LogP contribution is 2.33. The third kappa shape index (κ3) is 3.66. The van der Waals surface area contributed by atoms with Crippen LogP contribution >= 0.6 is 0 Å². The summed E-state index contributed by atoms with van der Waals surface area (Å²) in [7, 11) is 0. The Morgan fingerprint density at radius 2 is 1.80 bits per heavy atom. The highest BCUT2D eigenvalue weighted by atomic mass is 19.1. The number of aromatic nitrogens is 4. The first-order valence-corrected chi connectivity index (χ1v) is 9.35. The van der Waals surface area contributed by atoms with Crippen LogP contribution in [0, 0.1) is 23.4 Å². The molecule has 154 valence electrons. The van der Waals surface area contributed by atoms with E-state index in [1.807, 2.05) is 13.8 Å². The molecule has 0 aliphatic rings. The molecular formula is C21H19F3N6. The number of hydrogen-bond donors (Lipinski definition) is 2. The van der Waals surface area contributed by atoms with Gasteiger partial charge in [-0.2, -0.15) is 4.98 Å². The van der Waals surface area contributed by atoms with Gasteiger partial charge in [-0.25, -0.2) is 22.8 Å². The molecule has 0 amide bonds. The molecule has 3 N–H and O–H groups in total. The maximum atomic E-state index is 14.3. The lowest BCUT2D eigenvalue weighted by molar-refractivity contribution is 0.588. The van der Waals surface area contributed by atoms with Gasteiger partial charge in [-0.3, -0.25) is 0 Å². The maximum Gasteiger partial charge on any atom is 0.225 e. The second-order valence-electron chi connectivity index (χ2n) is 7.27. The van der Waals surface area contributed by atoms with Gasteiger partial charge >= 0.3 is 0 Å². The van der Waals surface area contributed by atoms with Gasteiger partial charge in [0.25, 0.3) is 0 Å². The second kappa shape index (κ2) is 7.66. The fourth-order valence-electron chi connectivity index (χ4n) is 3.06. The standard InChI is InChI=1S/C21H19F3N6/c1-11(2)10-26-21-27-18(12-4-3-5-13(22)8-12)17-19(25)30(29-20(17)28-21)16-9-14(23)6-7-15(16)24/h3-9,11H,10,25H2,1-2H3,(H,26,28,29). The number of nitrogens with zero attached hydrogens (tertiary/aromatic N) is 4. The van der Waals surface area contributed by atoms with Gasteiger partial charge in [0.2, 0.25) is 5.95 Å². The van der Waals surface area contributed by atoms with Gasteiger partial charge in [0.05, 0.1) is 11.1 Å². The molecule has 6 nitrogen and oxygen atoms in total. The zero-order valence-electron chi connectivity index (χ0n) is 16.3. The van der Waals surface area contributed by atoms with E-state index in [4.69, 9.17) is 5.73 Å². The Morgan fingerprint density at radius 3 is 2.53 bits per heavy atom. The van der Waals surface area contributed by atoms with Crippen LogP contribution in [0.5, 0.6) is 0 Å². The van der Waals surface area contributed by atoms with Gasteiger partial charge in [0.15, 0.2) is 5.65 Å². The fourth-order valence-corrected chi connectivity index (χ4v) is 3.06. The Hall–Kier alpha value is -3.62. The number of benzene rings is 2. The topological polar surface area (TPSA) is 81.6 Å². The fraction of sp³-hybridized carbons (Fsp3) is 0.190. The van der Waals surface area contributed by atoms with Crippen LogP contribution in [-0.2, 0) is 0 Å². The molecule has 2 heterocycles. The van der Waals surface area contributed by atoms with E-state index >= 15 is 0 Å². The highest BCUT2D eigenvalue weighted by molar-refractivity contribution is 5.99. The highest BCUT2D eigenvalue weighted by Gasteiger charge is 2.21. The lowest BCUT2D eigenvalue weighted by Crippen LogP contribution is -2.11. The van der Waals surface area contributed by atoms with Crippen molar-refractivity contribution in [3.8, 4) is 16.9 Å². The largest absolute Gasteiger partial charge is 0.383 e. The van der Waals surface area contributed by atoms with E-state index in [2.05, 4.69) is 20.4 Å². The van der Waals surface area contributed by atoms with Crippen LogP contribution in [0.3, 0.4) is 0 Å². The number of nitrogens with two attached hydrogens (primary N) is 1. The van der Waals surface area contributed by atoms with Gasteiger partial charge in [0, 0.05) is 18.2 Å². The summed E-state index contributed by atoms with van der Waals surface area (Å²) in [6.07, 6.45) is 0. The minimum absolute atomic E-state index is 0.0178. The van der Waals surface area contributed by atoms with Crippen LogP contribution < -0.4 is 11.1 Å². The van der Waals surface area contributed by atoms with Crippen LogP contribution in [0.4, 0.5) is 24.9 Å². The van der Waals surface area contributed by atoms with E-state index in [0.717, 1.165) is 22.9 Å². The summed E-state index contributed by atoms with van der Waals surface area (Å²) < 4.78 is 43.0. The number of nitrogens with one attached hydrogen (secondary N) is 1. The molecule has 0 unspecified atom stereocenters. The Bertz CT molecular complexity index is 1240. The van der Waals surface area contributed by atoms with E-state index in [0.29, 0.717) is 29.1 Å². The zero-order valence-corrected chi connectivity index (χ0v) is 16.3. The number of fused-ring (bicyclic) bond motifs is 1. The van der Waals surface area contributed by atoms with Crippen molar-refractivity contribution >= 4 is 22.8 Å². The monoisotopic (exact) mass is 412 g/mol. The van der Waals surface area contributed by atoms with Gasteiger partial charge in [-0.05, 0) is 30.2 Å².